The predicted octanol–water partition coefficient (Wildman–Crippen LogP) is 6.86. The van der Waals surface area contributed by atoms with Gasteiger partial charge in [0.05, 0.1) is 15.2 Å². The molecule has 1 amide bonds. The third-order valence-corrected chi connectivity index (χ3v) is 6.54. The molecule has 0 aliphatic carbocycles. The molecule has 168 valence electrons. The molecule has 0 bridgehead atoms. The fraction of sp³-hybridized carbons (Fsp3) is 0.125. The highest BCUT2D eigenvalue weighted by Gasteiger charge is 2.17. The molecular formula is C24H19Cl2N3O2S2. The van der Waals surface area contributed by atoms with Crippen LogP contribution in [-0.2, 0) is 4.79 Å². The number of aryl methyl sites for hydroxylation is 1. The Hall–Kier alpha value is -2.71. The average molecular weight is 516 g/mol. The molecule has 5 nitrogen and oxygen atoms in total. The smallest absolute Gasteiger partial charge is 0.266 e. The predicted molar refractivity (Wildman–Crippen MR) is 141 cm³/mol. The van der Waals surface area contributed by atoms with Crippen LogP contribution >= 0.6 is 46.8 Å². The van der Waals surface area contributed by atoms with Crippen molar-refractivity contribution in [2.45, 2.75) is 20.0 Å². The molecule has 1 atom stereocenters. The lowest BCUT2D eigenvalue weighted by Crippen LogP contribution is -2.42. The third kappa shape index (κ3) is 5.81. The summed E-state index contributed by atoms with van der Waals surface area (Å²) < 4.78 is 6.77. The number of ether oxygens (including phenoxy) is 1. The summed E-state index contributed by atoms with van der Waals surface area (Å²) in [6.45, 7) is 3.68. The molecule has 0 aliphatic heterocycles. The van der Waals surface area contributed by atoms with Crippen molar-refractivity contribution in [1.29, 1.82) is 0 Å². The number of nitrogens with zero attached hydrogens (tertiary/aromatic N) is 1. The van der Waals surface area contributed by atoms with E-state index < -0.39 is 12.0 Å². The Morgan fingerprint density at radius 2 is 1.85 bits per heavy atom. The van der Waals surface area contributed by atoms with E-state index in [0.717, 1.165) is 26.5 Å². The lowest BCUT2D eigenvalue weighted by atomic mass is 10.2. The van der Waals surface area contributed by atoms with E-state index in [-0.39, 0.29) is 5.11 Å². The summed E-state index contributed by atoms with van der Waals surface area (Å²) in [6.07, 6.45) is -0.812. The first-order chi connectivity index (χ1) is 15.8. The molecule has 4 aromatic rings. The van der Waals surface area contributed by atoms with Crippen molar-refractivity contribution >= 4 is 73.7 Å². The SMILES string of the molecule is Cc1ccc2nc(-c3ccc(NC(=S)NC(=O)[C@@H](C)Oc4ccc(Cl)cc4Cl)cc3)sc2c1. The Morgan fingerprint density at radius 1 is 1.09 bits per heavy atom. The summed E-state index contributed by atoms with van der Waals surface area (Å²) in [5, 5.41) is 7.56. The van der Waals surface area contributed by atoms with Gasteiger partial charge in [0.15, 0.2) is 11.2 Å². The Balaban J connectivity index is 1.35. The number of hydrogen-bond acceptors (Lipinski definition) is 5. The molecule has 3 aromatic carbocycles. The second-order valence-electron chi connectivity index (χ2n) is 7.35. The van der Waals surface area contributed by atoms with Gasteiger partial charge in [0.1, 0.15) is 10.8 Å². The first kappa shape index (κ1) is 23.4. The molecule has 0 saturated heterocycles. The first-order valence-corrected chi connectivity index (χ1v) is 12.0. The van der Waals surface area contributed by atoms with E-state index in [1.165, 1.54) is 5.56 Å². The van der Waals surface area contributed by atoms with Gasteiger partial charge in [-0.1, -0.05) is 29.3 Å². The minimum atomic E-state index is -0.812. The van der Waals surface area contributed by atoms with Crippen molar-refractivity contribution in [3.05, 3.63) is 76.3 Å². The highest BCUT2D eigenvalue weighted by molar-refractivity contribution is 7.80. The van der Waals surface area contributed by atoms with Crippen LogP contribution in [0.2, 0.25) is 10.0 Å². The number of thiazole rings is 1. The topological polar surface area (TPSA) is 63.2 Å². The van der Waals surface area contributed by atoms with Crippen molar-refractivity contribution < 1.29 is 9.53 Å². The maximum absolute atomic E-state index is 12.4. The number of thiocarbonyl (C=S) groups is 1. The molecule has 9 heteroatoms. The van der Waals surface area contributed by atoms with Crippen LogP contribution in [0.3, 0.4) is 0 Å². The van der Waals surface area contributed by atoms with Crippen LogP contribution in [0.25, 0.3) is 20.8 Å². The molecule has 2 N–H and O–H groups in total. The minimum Gasteiger partial charge on any atom is -0.479 e. The molecule has 33 heavy (non-hydrogen) atoms. The van der Waals surface area contributed by atoms with Gasteiger partial charge in [-0.05, 0) is 86.2 Å². The van der Waals surface area contributed by atoms with E-state index in [2.05, 4.69) is 29.7 Å². The number of anilines is 1. The molecule has 4 rings (SSSR count). The van der Waals surface area contributed by atoms with Gasteiger partial charge < -0.3 is 10.1 Å². The van der Waals surface area contributed by atoms with E-state index in [1.807, 2.05) is 30.3 Å². The van der Waals surface area contributed by atoms with E-state index in [0.29, 0.717) is 15.8 Å². The first-order valence-electron chi connectivity index (χ1n) is 9.99. The number of hydrogen-bond donors (Lipinski definition) is 2. The van der Waals surface area contributed by atoms with Crippen LogP contribution < -0.4 is 15.4 Å². The van der Waals surface area contributed by atoms with Crippen molar-refractivity contribution in [2.75, 3.05) is 5.32 Å². The highest BCUT2D eigenvalue weighted by atomic mass is 35.5. The highest BCUT2D eigenvalue weighted by Crippen LogP contribution is 2.31. The Labute approximate surface area is 210 Å². The number of benzene rings is 3. The standard InChI is InChI=1S/C24H19Cl2N3O2S2/c1-13-3-9-19-21(11-13)33-23(28-19)15-4-7-17(8-5-15)27-24(32)29-22(30)14(2)31-20-10-6-16(25)12-18(20)26/h3-12,14H,1-2H3,(H2,27,29,30,32)/t14-/m1/s1. The number of aromatic nitrogens is 1. The van der Waals surface area contributed by atoms with Crippen LogP contribution in [0.5, 0.6) is 5.75 Å². The van der Waals surface area contributed by atoms with Crippen LogP contribution in [0.1, 0.15) is 12.5 Å². The number of fused-ring (bicyclic) bond motifs is 1. The Kier molecular flexibility index (Phi) is 7.14. The summed E-state index contributed by atoms with van der Waals surface area (Å²) in [7, 11) is 0. The van der Waals surface area contributed by atoms with Crippen LogP contribution in [0.15, 0.2) is 60.7 Å². The molecule has 0 unspecified atom stereocenters. The molecule has 1 aromatic heterocycles. The van der Waals surface area contributed by atoms with Crippen LogP contribution in [0, 0.1) is 6.92 Å². The maximum Gasteiger partial charge on any atom is 0.266 e. The molecule has 0 aliphatic rings. The summed E-state index contributed by atoms with van der Waals surface area (Å²) >= 11 is 18.9. The third-order valence-electron chi connectivity index (χ3n) is 4.74. The molecule has 0 radical (unpaired) electrons. The quantitative estimate of drug-likeness (QED) is 0.284. The second-order valence-corrected chi connectivity index (χ2v) is 9.63. The lowest BCUT2D eigenvalue weighted by Gasteiger charge is -2.16. The van der Waals surface area contributed by atoms with E-state index >= 15 is 0 Å². The summed E-state index contributed by atoms with van der Waals surface area (Å²) in [5.41, 5.74) is 3.96. The van der Waals surface area contributed by atoms with Crippen molar-refractivity contribution in [1.82, 2.24) is 10.3 Å². The zero-order valence-electron chi connectivity index (χ0n) is 17.7. The van der Waals surface area contributed by atoms with Gasteiger partial charge in [-0.25, -0.2) is 4.98 Å². The molecule has 1 heterocycles. The maximum atomic E-state index is 12.4. The number of rotatable bonds is 5. The van der Waals surface area contributed by atoms with Gasteiger partial charge in [0.2, 0.25) is 0 Å². The van der Waals surface area contributed by atoms with Crippen molar-refractivity contribution in [3.63, 3.8) is 0 Å². The van der Waals surface area contributed by atoms with E-state index in [4.69, 9.17) is 45.1 Å². The molecular weight excluding hydrogens is 497 g/mol. The molecule has 0 saturated carbocycles. The normalized spacial score (nSPS) is 11.8. The summed E-state index contributed by atoms with van der Waals surface area (Å²) in [5.74, 6) is -0.0388. The van der Waals surface area contributed by atoms with Gasteiger partial charge in [-0.2, -0.15) is 0 Å². The van der Waals surface area contributed by atoms with Crippen LogP contribution in [0.4, 0.5) is 5.69 Å². The monoisotopic (exact) mass is 515 g/mol. The van der Waals surface area contributed by atoms with E-state index in [1.54, 1.807) is 36.5 Å². The zero-order chi connectivity index (χ0) is 23.5. The fourth-order valence-electron chi connectivity index (χ4n) is 3.04. The number of carbonyl (C=O) groups excluding carboxylic acids is 1. The summed E-state index contributed by atoms with van der Waals surface area (Å²) in [4.78, 5) is 17.1. The van der Waals surface area contributed by atoms with Gasteiger partial charge in [0, 0.05) is 16.3 Å². The summed E-state index contributed by atoms with van der Waals surface area (Å²) in [6, 6.07) is 18.7. The van der Waals surface area contributed by atoms with Gasteiger partial charge in [-0.3, -0.25) is 10.1 Å². The number of amides is 1. The fourth-order valence-corrected chi connectivity index (χ4v) is 4.78. The van der Waals surface area contributed by atoms with Gasteiger partial charge in [0.25, 0.3) is 5.91 Å². The number of halogens is 2. The lowest BCUT2D eigenvalue weighted by molar-refractivity contribution is -0.125. The van der Waals surface area contributed by atoms with Crippen molar-refractivity contribution in [2.24, 2.45) is 0 Å². The van der Waals surface area contributed by atoms with Gasteiger partial charge in [-0.15, -0.1) is 11.3 Å². The van der Waals surface area contributed by atoms with Crippen LogP contribution in [-0.4, -0.2) is 22.1 Å². The molecule has 0 spiro atoms. The average Bonchev–Trinajstić information content (AvgIpc) is 3.19. The number of carbonyl (C=O) groups is 1. The van der Waals surface area contributed by atoms with Crippen molar-refractivity contribution in [3.8, 4) is 16.3 Å². The minimum absolute atomic E-state index is 0.167. The second kappa shape index (κ2) is 10.1. The van der Waals surface area contributed by atoms with E-state index in [9.17, 15) is 4.79 Å². The Morgan fingerprint density at radius 3 is 2.58 bits per heavy atom. The zero-order valence-corrected chi connectivity index (χ0v) is 20.8. The number of nitrogens with one attached hydrogen (secondary N) is 2. The molecule has 0 fully saturated rings. The van der Waals surface area contributed by atoms with Gasteiger partial charge >= 0.3 is 0 Å². The largest absolute Gasteiger partial charge is 0.479 e. The Bertz CT molecular complexity index is 1340.